The molecule has 2 unspecified atom stereocenters. The van der Waals surface area contributed by atoms with Crippen LogP contribution in [-0.4, -0.2) is 49.4 Å². The van der Waals surface area contributed by atoms with Gasteiger partial charge in [0.2, 0.25) is 0 Å². The van der Waals surface area contributed by atoms with Crippen LogP contribution in [0.15, 0.2) is 29.3 Å². The number of aliphatic imine (C=N–C) groups is 1. The fourth-order valence-corrected chi connectivity index (χ4v) is 6.83. The Kier molecular flexibility index (Phi) is 4.61. The predicted molar refractivity (Wildman–Crippen MR) is 101 cm³/mol. The molecular weight excluding hydrogens is 360 g/mol. The first-order valence-electron chi connectivity index (χ1n) is 8.05. The third-order valence-corrected chi connectivity index (χ3v) is 7.46. The van der Waals surface area contributed by atoms with E-state index in [1.54, 1.807) is 7.11 Å². The molecule has 0 N–H and O–H groups in total. The molecule has 0 spiro atoms. The number of anilines is 1. The van der Waals surface area contributed by atoms with E-state index in [4.69, 9.17) is 4.74 Å². The second-order valence-corrected chi connectivity index (χ2v) is 10.7. The lowest BCUT2D eigenvalue weighted by atomic mass is 9.96. The molecule has 2 saturated heterocycles. The smallest absolute Gasteiger partial charge is 0.253 e. The maximum absolute atomic E-state index is 12.4. The number of amidine groups is 1. The summed E-state index contributed by atoms with van der Waals surface area (Å²) < 4.78 is 29.6. The number of para-hydroxylation sites is 2. The van der Waals surface area contributed by atoms with Gasteiger partial charge < -0.3 is 9.64 Å². The number of amides is 1. The summed E-state index contributed by atoms with van der Waals surface area (Å²) in [5, 5.41) is 0.427. The summed E-state index contributed by atoms with van der Waals surface area (Å²) in [7, 11) is -1.52. The highest BCUT2D eigenvalue weighted by molar-refractivity contribution is 8.16. The summed E-state index contributed by atoms with van der Waals surface area (Å²) in [6.45, 7) is 5.45. The molecule has 3 rings (SSSR count). The number of thioether (sulfide) groups is 1. The van der Waals surface area contributed by atoms with Gasteiger partial charge >= 0.3 is 0 Å². The van der Waals surface area contributed by atoms with Gasteiger partial charge in [0.05, 0.1) is 30.3 Å². The van der Waals surface area contributed by atoms with Crippen LogP contribution in [0.3, 0.4) is 0 Å². The minimum Gasteiger partial charge on any atom is -0.495 e. The molecule has 2 heterocycles. The minimum absolute atomic E-state index is 0.0610. The summed E-state index contributed by atoms with van der Waals surface area (Å²) in [6.07, 6.45) is 0. The zero-order valence-corrected chi connectivity index (χ0v) is 16.4. The molecule has 1 amide bonds. The van der Waals surface area contributed by atoms with Gasteiger partial charge in [0.15, 0.2) is 15.0 Å². The number of hydrogen-bond acceptors (Lipinski definition) is 5. The van der Waals surface area contributed by atoms with Crippen molar-refractivity contribution in [1.29, 1.82) is 0 Å². The van der Waals surface area contributed by atoms with Crippen molar-refractivity contribution >= 4 is 38.4 Å². The van der Waals surface area contributed by atoms with Crippen molar-refractivity contribution < 1.29 is 17.9 Å². The van der Waals surface area contributed by atoms with Gasteiger partial charge in [-0.3, -0.25) is 4.79 Å². The lowest BCUT2D eigenvalue weighted by Crippen LogP contribution is -2.38. The average Bonchev–Trinajstić information content (AvgIpc) is 2.97. The van der Waals surface area contributed by atoms with E-state index >= 15 is 0 Å². The Morgan fingerprint density at radius 2 is 1.96 bits per heavy atom. The molecule has 2 aliphatic rings. The second kappa shape index (κ2) is 6.32. The maximum atomic E-state index is 12.4. The van der Waals surface area contributed by atoms with Crippen molar-refractivity contribution in [3.05, 3.63) is 24.3 Å². The highest BCUT2D eigenvalue weighted by Crippen LogP contribution is 2.44. The summed E-state index contributed by atoms with van der Waals surface area (Å²) in [5.74, 6) is 0.573. The Balaban J connectivity index is 2.07. The van der Waals surface area contributed by atoms with Gasteiger partial charge in [-0.05, 0) is 12.1 Å². The molecule has 0 aromatic heterocycles. The fourth-order valence-electron chi connectivity index (χ4n) is 2.93. The van der Waals surface area contributed by atoms with E-state index in [1.807, 2.05) is 49.9 Å². The monoisotopic (exact) mass is 382 g/mol. The van der Waals surface area contributed by atoms with Gasteiger partial charge in [-0.1, -0.05) is 44.7 Å². The van der Waals surface area contributed by atoms with Crippen LogP contribution in [0.25, 0.3) is 0 Å². The minimum atomic E-state index is -3.09. The third kappa shape index (κ3) is 3.55. The number of benzene rings is 1. The Morgan fingerprint density at radius 3 is 2.60 bits per heavy atom. The molecule has 0 radical (unpaired) electrons. The number of carbonyl (C=O) groups is 1. The lowest BCUT2D eigenvalue weighted by molar-refractivity contribution is -0.124. The molecule has 136 valence electrons. The van der Waals surface area contributed by atoms with Crippen LogP contribution in [-0.2, 0) is 14.6 Å². The van der Waals surface area contributed by atoms with Gasteiger partial charge in [0.25, 0.3) is 5.91 Å². The van der Waals surface area contributed by atoms with Crippen LogP contribution >= 0.6 is 11.8 Å². The Hall–Kier alpha value is -1.54. The molecule has 8 heteroatoms. The zero-order chi connectivity index (χ0) is 18.4. The second-order valence-electron chi connectivity index (χ2n) is 7.29. The SMILES string of the molecule is COc1ccccc1N1C(=NC(=O)C(C)(C)C)SC2CS(=O)(=O)CC21. The first-order valence-corrected chi connectivity index (χ1v) is 10.7. The largest absolute Gasteiger partial charge is 0.495 e. The van der Waals surface area contributed by atoms with E-state index in [0.717, 1.165) is 5.69 Å². The highest BCUT2D eigenvalue weighted by atomic mass is 32.2. The first-order chi connectivity index (χ1) is 11.6. The van der Waals surface area contributed by atoms with Gasteiger partial charge in [-0.2, -0.15) is 4.99 Å². The summed E-state index contributed by atoms with van der Waals surface area (Å²) in [4.78, 5) is 18.6. The van der Waals surface area contributed by atoms with Crippen molar-refractivity contribution in [2.24, 2.45) is 10.4 Å². The number of ether oxygens (including phenoxy) is 1. The molecule has 0 aliphatic carbocycles. The van der Waals surface area contributed by atoms with Crippen LogP contribution in [0, 0.1) is 5.41 Å². The lowest BCUT2D eigenvalue weighted by Gasteiger charge is -2.26. The van der Waals surface area contributed by atoms with Gasteiger partial charge in [0, 0.05) is 10.7 Å². The van der Waals surface area contributed by atoms with Crippen molar-refractivity contribution in [2.45, 2.75) is 32.1 Å². The number of rotatable bonds is 2. The van der Waals surface area contributed by atoms with Crippen LogP contribution in [0.1, 0.15) is 20.8 Å². The number of carbonyl (C=O) groups excluding carboxylic acids is 1. The molecular formula is C17H22N2O4S2. The first kappa shape index (κ1) is 18.3. The van der Waals surface area contributed by atoms with Crippen LogP contribution in [0.5, 0.6) is 5.75 Å². The van der Waals surface area contributed by atoms with Crippen LogP contribution < -0.4 is 9.64 Å². The van der Waals surface area contributed by atoms with Crippen molar-refractivity contribution in [3.8, 4) is 5.75 Å². The Bertz CT molecular complexity index is 827. The quantitative estimate of drug-likeness (QED) is 0.781. The number of hydrogen-bond donors (Lipinski definition) is 0. The predicted octanol–water partition coefficient (Wildman–Crippen LogP) is 2.34. The maximum Gasteiger partial charge on any atom is 0.253 e. The molecule has 1 aromatic carbocycles. The van der Waals surface area contributed by atoms with Crippen LogP contribution in [0.2, 0.25) is 0 Å². The topological polar surface area (TPSA) is 76.0 Å². The Labute approximate surface area is 152 Å². The molecule has 2 aliphatic heterocycles. The molecule has 0 bridgehead atoms. The van der Waals surface area contributed by atoms with Crippen molar-refractivity contribution in [3.63, 3.8) is 0 Å². The standard InChI is InChI=1S/C17H22N2O4S2/c1-17(2,3)15(20)18-16-19(11-7-5-6-8-13(11)23-4)12-9-25(21,22)10-14(12)24-16/h5-8,12,14H,9-10H2,1-4H3. The number of sulfone groups is 1. The van der Waals surface area contributed by atoms with Crippen molar-refractivity contribution in [1.82, 2.24) is 0 Å². The highest BCUT2D eigenvalue weighted by Gasteiger charge is 2.50. The Morgan fingerprint density at radius 1 is 1.28 bits per heavy atom. The molecule has 2 fully saturated rings. The van der Waals surface area contributed by atoms with Gasteiger partial charge in [-0.15, -0.1) is 0 Å². The van der Waals surface area contributed by atoms with Gasteiger partial charge in [0.1, 0.15) is 5.75 Å². The normalized spacial score (nSPS) is 26.7. The average molecular weight is 383 g/mol. The number of methoxy groups -OCH3 is 1. The summed E-state index contributed by atoms with van der Waals surface area (Å²) >= 11 is 1.37. The fraction of sp³-hybridized carbons (Fsp3) is 0.529. The molecule has 25 heavy (non-hydrogen) atoms. The van der Waals surface area contributed by atoms with Crippen molar-refractivity contribution in [2.75, 3.05) is 23.5 Å². The van der Waals surface area contributed by atoms with E-state index in [-0.39, 0.29) is 28.7 Å². The molecule has 2 atom stereocenters. The van der Waals surface area contributed by atoms with E-state index < -0.39 is 15.3 Å². The number of fused-ring (bicyclic) bond motifs is 1. The summed E-state index contributed by atoms with van der Waals surface area (Å²) in [6, 6.07) is 7.16. The number of nitrogens with zero attached hydrogens (tertiary/aromatic N) is 2. The molecule has 6 nitrogen and oxygen atoms in total. The third-order valence-electron chi connectivity index (χ3n) is 4.25. The van der Waals surface area contributed by atoms with E-state index in [2.05, 4.69) is 4.99 Å². The molecule has 1 aromatic rings. The van der Waals surface area contributed by atoms with Gasteiger partial charge in [-0.25, -0.2) is 8.42 Å². The molecule has 0 saturated carbocycles. The zero-order valence-electron chi connectivity index (χ0n) is 14.7. The van der Waals surface area contributed by atoms with E-state index in [9.17, 15) is 13.2 Å². The van der Waals surface area contributed by atoms with E-state index in [1.165, 1.54) is 11.8 Å². The van der Waals surface area contributed by atoms with E-state index in [0.29, 0.717) is 10.9 Å². The summed E-state index contributed by atoms with van der Waals surface area (Å²) in [5.41, 5.74) is 0.145. The van der Waals surface area contributed by atoms with Crippen LogP contribution in [0.4, 0.5) is 5.69 Å².